The van der Waals surface area contributed by atoms with Crippen LogP contribution in [0.1, 0.15) is 35.1 Å². The molecule has 3 heterocycles. The van der Waals surface area contributed by atoms with Gasteiger partial charge in [0, 0.05) is 30.8 Å². The molecule has 0 bridgehead atoms. The molecule has 0 saturated carbocycles. The summed E-state index contributed by atoms with van der Waals surface area (Å²) in [5.74, 6) is 0.600. The van der Waals surface area contributed by atoms with Crippen molar-refractivity contribution in [3.63, 3.8) is 0 Å². The minimum atomic E-state index is -3.34. The number of hydrogen-bond acceptors (Lipinski definition) is 6. The Labute approximate surface area is 140 Å². The molecule has 9 heteroatoms. The van der Waals surface area contributed by atoms with Crippen molar-refractivity contribution in [2.45, 2.75) is 37.5 Å². The van der Waals surface area contributed by atoms with Crippen LogP contribution in [0.5, 0.6) is 0 Å². The third-order valence-corrected chi connectivity index (χ3v) is 5.61. The molecular formula is C15H20N4O4S. The van der Waals surface area contributed by atoms with E-state index >= 15 is 0 Å². The summed E-state index contributed by atoms with van der Waals surface area (Å²) in [6, 6.07) is 0. The van der Waals surface area contributed by atoms with Crippen molar-refractivity contribution >= 4 is 15.7 Å². The Bertz CT molecular complexity index is 848. The third kappa shape index (κ3) is 3.08. The summed E-state index contributed by atoms with van der Waals surface area (Å²) in [5.41, 5.74) is 2.14. The van der Waals surface area contributed by atoms with Gasteiger partial charge in [0.25, 0.3) is 0 Å². The van der Waals surface area contributed by atoms with Crippen LogP contribution in [-0.4, -0.2) is 53.9 Å². The zero-order valence-corrected chi connectivity index (χ0v) is 14.7. The fourth-order valence-electron chi connectivity index (χ4n) is 3.11. The van der Waals surface area contributed by atoms with Crippen molar-refractivity contribution in [2.75, 3.05) is 19.3 Å². The van der Waals surface area contributed by atoms with E-state index in [2.05, 4.69) is 15.4 Å². The topological polar surface area (TPSA) is 109 Å². The maximum absolute atomic E-state index is 12.5. The van der Waals surface area contributed by atoms with Gasteiger partial charge in [-0.25, -0.2) is 8.42 Å². The van der Waals surface area contributed by atoms with Crippen molar-refractivity contribution in [3.05, 3.63) is 28.9 Å². The molecule has 0 aliphatic carbocycles. The number of nitrogens with one attached hydrogen (secondary N) is 1. The zero-order valence-electron chi connectivity index (χ0n) is 13.9. The van der Waals surface area contributed by atoms with Crippen LogP contribution in [0, 0.1) is 13.8 Å². The molecule has 1 aliphatic heterocycles. The SMILES string of the molecule is Cc1noc(C)c1CC(=O)N1CC[C@@H](c2[nH]ncc2S(C)(=O)=O)C1. The minimum Gasteiger partial charge on any atom is -0.361 e. The maximum atomic E-state index is 12.5. The number of aryl methyl sites for hydroxylation is 2. The number of amides is 1. The van der Waals surface area contributed by atoms with Gasteiger partial charge in [0.1, 0.15) is 10.7 Å². The lowest BCUT2D eigenvalue weighted by atomic mass is 10.1. The average molecular weight is 352 g/mol. The van der Waals surface area contributed by atoms with Gasteiger partial charge in [0.2, 0.25) is 5.91 Å². The van der Waals surface area contributed by atoms with E-state index in [1.165, 1.54) is 6.20 Å². The largest absolute Gasteiger partial charge is 0.361 e. The molecule has 1 aliphatic rings. The van der Waals surface area contributed by atoms with Gasteiger partial charge in [-0.2, -0.15) is 5.10 Å². The van der Waals surface area contributed by atoms with Gasteiger partial charge in [0.05, 0.1) is 24.0 Å². The van der Waals surface area contributed by atoms with Gasteiger partial charge < -0.3 is 9.42 Å². The Kier molecular flexibility index (Phi) is 4.20. The minimum absolute atomic E-state index is 0.00711. The lowest BCUT2D eigenvalue weighted by Crippen LogP contribution is -2.30. The molecule has 0 spiro atoms. The van der Waals surface area contributed by atoms with Crippen molar-refractivity contribution in [1.29, 1.82) is 0 Å². The van der Waals surface area contributed by atoms with Gasteiger partial charge in [-0.15, -0.1) is 0 Å². The molecular weight excluding hydrogens is 332 g/mol. The second-order valence-electron chi connectivity index (χ2n) is 6.22. The van der Waals surface area contributed by atoms with E-state index in [1.807, 2.05) is 6.92 Å². The molecule has 0 unspecified atom stereocenters. The highest BCUT2D eigenvalue weighted by Crippen LogP contribution is 2.30. The van der Waals surface area contributed by atoms with Crippen LogP contribution in [0.2, 0.25) is 0 Å². The van der Waals surface area contributed by atoms with Gasteiger partial charge in [-0.1, -0.05) is 5.16 Å². The van der Waals surface area contributed by atoms with Crippen molar-refractivity contribution in [1.82, 2.24) is 20.3 Å². The smallest absolute Gasteiger partial charge is 0.227 e. The Morgan fingerprint density at radius 3 is 2.83 bits per heavy atom. The molecule has 1 saturated heterocycles. The number of sulfone groups is 1. The Morgan fingerprint density at radius 1 is 1.46 bits per heavy atom. The Balaban J connectivity index is 1.72. The van der Waals surface area contributed by atoms with E-state index in [1.54, 1.807) is 11.8 Å². The van der Waals surface area contributed by atoms with Crippen LogP contribution >= 0.6 is 0 Å². The number of aromatic amines is 1. The Morgan fingerprint density at radius 2 is 2.21 bits per heavy atom. The number of likely N-dealkylation sites (tertiary alicyclic amines) is 1. The maximum Gasteiger partial charge on any atom is 0.227 e. The fraction of sp³-hybridized carbons (Fsp3) is 0.533. The summed E-state index contributed by atoms with van der Waals surface area (Å²) < 4.78 is 28.7. The summed E-state index contributed by atoms with van der Waals surface area (Å²) in [4.78, 5) is 14.5. The predicted molar refractivity (Wildman–Crippen MR) is 85.3 cm³/mol. The van der Waals surface area contributed by atoms with Gasteiger partial charge in [-0.3, -0.25) is 9.89 Å². The molecule has 130 valence electrons. The first-order valence-corrected chi connectivity index (χ1v) is 9.59. The normalized spacial score (nSPS) is 18.3. The summed E-state index contributed by atoms with van der Waals surface area (Å²) in [5, 5.41) is 10.5. The van der Waals surface area contributed by atoms with E-state index < -0.39 is 9.84 Å². The van der Waals surface area contributed by atoms with Crippen LogP contribution in [0.25, 0.3) is 0 Å². The number of nitrogens with zero attached hydrogens (tertiary/aromatic N) is 3. The summed E-state index contributed by atoms with van der Waals surface area (Å²) >= 11 is 0. The number of carbonyl (C=O) groups excluding carboxylic acids is 1. The third-order valence-electron chi connectivity index (χ3n) is 4.49. The molecule has 24 heavy (non-hydrogen) atoms. The molecule has 3 rings (SSSR count). The van der Waals surface area contributed by atoms with Gasteiger partial charge >= 0.3 is 0 Å². The fourth-order valence-corrected chi connectivity index (χ4v) is 3.97. The molecule has 1 fully saturated rings. The first kappa shape index (κ1) is 16.7. The first-order valence-electron chi connectivity index (χ1n) is 7.70. The highest BCUT2D eigenvalue weighted by Gasteiger charge is 2.32. The van der Waals surface area contributed by atoms with Crippen LogP contribution in [0.4, 0.5) is 0 Å². The molecule has 1 N–H and O–H groups in total. The molecule has 1 amide bonds. The van der Waals surface area contributed by atoms with E-state index in [-0.39, 0.29) is 23.1 Å². The average Bonchev–Trinajstić information content (AvgIpc) is 3.20. The second kappa shape index (κ2) is 6.04. The monoisotopic (exact) mass is 352 g/mol. The molecule has 2 aromatic heterocycles. The van der Waals surface area contributed by atoms with Crippen molar-refractivity contribution in [3.8, 4) is 0 Å². The standard InChI is InChI=1S/C15H20N4O4S/c1-9-12(10(2)23-18-9)6-14(20)19-5-4-11(8-19)15-13(7-16-17-15)24(3,21)22/h7,11H,4-6,8H2,1-3H3,(H,16,17)/t11-/m1/s1. The first-order chi connectivity index (χ1) is 11.3. The number of rotatable bonds is 4. The Hall–Kier alpha value is -2.16. The molecule has 1 atom stereocenters. The lowest BCUT2D eigenvalue weighted by molar-refractivity contribution is -0.129. The number of aromatic nitrogens is 3. The summed E-state index contributed by atoms with van der Waals surface area (Å²) in [7, 11) is -3.34. The lowest BCUT2D eigenvalue weighted by Gasteiger charge is -2.16. The van der Waals surface area contributed by atoms with Gasteiger partial charge in [-0.05, 0) is 20.3 Å². The van der Waals surface area contributed by atoms with Gasteiger partial charge in [0.15, 0.2) is 9.84 Å². The number of carbonyl (C=O) groups is 1. The second-order valence-corrected chi connectivity index (χ2v) is 8.21. The zero-order chi connectivity index (χ0) is 17.5. The van der Waals surface area contributed by atoms with E-state index in [0.717, 1.165) is 17.5 Å². The molecule has 8 nitrogen and oxygen atoms in total. The summed E-state index contributed by atoms with van der Waals surface area (Å²) in [6.07, 6.45) is 3.45. The van der Waals surface area contributed by atoms with Crippen molar-refractivity contribution < 1.29 is 17.7 Å². The quantitative estimate of drug-likeness (QED) is 0.878. The summed E-state index contributed by atoms with van der Waals surface area (Å²) in [6.45, 7) is 4.68. The van der Waals surface area contributed by atoms with E-state index in [9.17, 15) is 13.2 Å². The van der Waals surface area contributed by atoms with Crippen LogP contribution in [-0.2, 0) is 21.1 Å². The van der Waals surface area contributed by atoms with Crippen LogP contribution in [0.15, 0.2) is 15.6 Å². The van der Waals surface area contributed by atoms with E-state index in [4.69, 9.17) is 4.52 Å². The highest BCUT2D eigenvalue weighted by atomic mass is 32.2. The highest BCUT2D eigenvalue weighted by molar-refractivity contribution is 7.90. The number of H-pyrrole nitrogens is 1. The van der Waals surface area contributed by atoms with Crippen LogP contribution < -0.4 is 0 Å². The molecule has 0 aromatic carbocycles. The predicted octanol–water partition coefficient (Wildman–Crippen LogP) is 0.977. The van der Waals surface area contributed by atoms with Crippen LogP contribution in [0.3, 0.4) is 0 Å². The molecule has 2 aromatic rings. The molecule has 0 radical (unpaired) electrons. The van der Waals surface area contributed by atoms with Crippen molar-refractivity contribution in [2.24, 2.45) is 0 Å². The number of hydrogen-bond donors (Lipinski definition) is 1. The van der Waals surface area contributed by atoms with E-state index in [0.29, 0.717) is 31.0 Å².